The minimum Gasteiger partial charge on any atom is -0.281 e. The first-order chi connectivity index (χ1) is 4.88. The van der Waals surface area contributed by atoms with Crippen molar-refractivity contribution in [3.05, 3.63) is 0 Å². The second-order valence-electron chi connectivity index (χ2n) is 1.37. The molecule has 0 saturated heterocycles. The van der Waals surface area contributed by atoms with Gasteiger partial charge in [-0.3, -0.25) is 4.74 Å². The lowest BCUT2D eigenvalue weighted by Gasteiger charge is -2.14. The molecule has 0 aliphatic heterocycles. The fourth-order valence-electron chi connectivity index (χ4n) is 0.248. The smallest absolute Gasteiger partial charge is 0.281 e. The van der Waals surface area contributed by atoms with Gasteiger partial charge < -0.3 is 0 Å². The van der Waals surface area contributed by atoms with E-state index >= 15 is 0 Å². The SMILES string of the molecule is [O]OC(OC(F)F)C(F)(F)F. The van der Waals surface area contributed by atoms with E-state index < -0.39 is 19.1 Å². The van der Waals surface area contributed by atoms with E-state index in [0.29, 0.717) is 0 Å². The highest BCUT2D eigenvalue weighted by Gasteiger charge is 2.44. The monoisotopic (exact) mass is 181 g/mol. The standard InChI is InChI=1S/C3H2F5O3/c4-2(5)10-1(11-9)3(6,7)8/h1-2H. The van der Waals surface area contributed by atoms with Crippen LogP contribution in [0.1, 0.15) is 0 Å². The average molecular weight is 181 g/mol. The number of rotatable bonds is 3. The van der Waals surface area contributed by atoms with Gasteiger partial charge in [0, 0.05) is 0 Å². The van der Waals surface area contributed by atoms with Crippen LogP contribution in [-0.2, 0) is 14.9 Å². The van der Waals surface area contributed by atoms with Crippen molar-refractivity contribution in [1.29, 1.82) is 0 Å². The predicted octanol–water partition coefficient (Wildman–Crippen LogP) is 1.48. The van der Waals surface area contributed by atoms with E-state index in [-0.39, 0.29) is 0 Å². The fourth-order valence-corrected chi connectivity index (χ4v) is 0.248. The highest BCUT2D eigenvalue weighted by Crippen LogP contribution is 2.24. The molecule has 0 aromatic heterocycles. The van der Waals surface area contributed by atoms with Crippen LogP contribution in [0.4, 0.5) is 22.0 Å². The van der Waals surface area contributed by atoms with Crippen LogP contribution in [-0.4, -0.2) is 19.1 Å². The fraction of sp³-hybridized carbons (Fsp3) is 1.00. The first-order valence-corrected chi connectivity index (χ1v) is 2.17. The lowest BCUT2D eigenvalue weighted by Crippen LogP contribution is -2.34. The molecular formula is C3H2F5O3. The summed E-state index contributed by atoms with van der Waals surface area (Å²) in [6.07, 6.45) is -8.65. The third-order valence-corrected chi connectivity index (χ3v) is 0.581. The largest absolute Gasteiger partial charge is 0.443 e. The van der Waals surface area contributed by atoms with Crippen LogP contribution in [0.3, 0.4) is 0 Å². The van der Waals surface area contributed by atoms with Gasteiger partial charge in [0.25, 0.3) is 6.29 Å². The lowest BCUT2D eigenvalue weighted by atomic mass is 10.6. The quantitative estimate of drug-likeness (QED) is 0.286. The average Bonchev–Trinajstić information content (AvgIpc) is 1.79. The summed E-state index contributed by atoms with van der Waals surface area (Å²) in [5.41, 5.74) is 0. The van der Waals surface area contributed by atoms with Gasteiger partial charge in [-0.2, -0.15) is 26.8 Å². The number of hydrogen-bond acceptors (Lipinski definition) is 2. The van der Waals surface area contributed by atoms with Crippen LogP contribution in [0, 0.1) is 0 Å². The molecule has 0 spiro atoms. The van der Waals surface area contributed by atoms with Crippen molar-refractivity contribution in [2.45, 2.75) is 19.1 Å². The summed E-state index contributed by atoms with van der Waals surface area (Å²) in [5.74, 6) is 0. The Morgan fingerprint density at radius 1 is 1.18 bits per heavy atom. The van der Waals surface area contributed by atoms with Gasteiger partial charge in [0.15, 0.2) is 0 Å². The van der Waals surface area contributed by atoms with Crippen molar-refractivity contribution < 1.29 is 36.8 Å². The molecule has 11 heavy (non-hydrogen) atoms. The summed E-state index contributed by atoms with van der Waals surface area (Å²) in [6, 6.07) is 0. The molecule has 1 unspecified atom stereocenters. The predicted molar refractivity (Wildman–Crippen MR) is 18.7 cm³/mol. The molecule has 0 fully saturated rings. The lowest BCUT2D eigenvalue weighted by molar-refractivity contribution is -0.466. The molecule has 67 valence electrons. The Bertz CT molecular complexity index is 112. The van der Waals surface area contributed by atoms with Gasteiger partial charge in [-0.25, -0.2) is 0 Å². The number of hydrogen-bond donors (Lipinski definition) is 0. The number of halogens is 5. The second kappa shape index (κ2) is 3.79. The van der Waals surface area contributed by atoms with E-state index in [1.807, 2.05) is 0 Å². The van der Waals surface area contributed by atoms with Crippen molar-refractivity contribution in [1.82, 2.24) is 0 Å². The van der Waals surface area contributed by atoms with Gasteiger partial charge in [0.05, 0.1) is 0 Å². The molecule has 0 heterocycles. The first kappa shape index (κ1) is 10.5. The van der Waals surface area contributed by atoms with Gasteiger partial charge in [-0.05, 0) is 5.26 Å². The van der Waals surface area contributed by atoms with Crippen molar-refractivity contribution in [3.63, 3.8) is 0 Å². The Hall–Kier alpha value is -0.470. The van der Waals surface area contributed by atoms with Gasteiger partial charge in [-0.15, -0.1) is 0 Å². The summed E-state index contributed by atoms with van der Waals surface area (Å²) >= 11 is 0. The molecule has 3 nitrogen and oxygen atoms in total. The minimum atomic E-state index is -5.24. The van der Waals surface area contributed by atoms with Gasteiger partial charge in [0.1, 0.15) is 0 Å². The van der Waals surface area contributed by atoms with Crippen molar-refractivity contribution in [3.8, 4) is 0 Å². The van der Waals surface area contributed by atoms with Crippen molar-refractivity contribution in [2.24, 2.45) is 0 Å². The molecule has 0 saturated carbocycles. The number of ether oxygens (including phenoxy) is 1. The maximum atomic E-state index is 11.3. The van der Waals surface area contributed by atoms with Crippen LogP contribution < -0.4 is 0 Å². The molecule has 0 aliphatic carbocycles. The normalized spacial score (nSPS) is 15.5. The van der Waals surface area contributed by atoms with Gasteiger partial charge in [0.2, 0.25) is 0 Å². The van der Waals surface area contributed by atoms with Crippen molar-refractivity contribution >= 4 is 0 Å². The van der Waals surface area contributed by atoms with E-state index in [4.69, 9.17) is 5.26 Å². The first-order valence-electron chi connectivity index (χ1n) is 2.17. The summed E-state index contributed by atoms with van der Waals surface area (Å²) in [4.78, 5) is 2.35. The Morgan fingerprint density at radius 3 is 1.73 bits per heavy atom. The summed E-state index contributed by atoms with van der Waals surface area (Å²) in [6.45, 7) is -3.70. The molecule has 0 aromatic rings. The second-order valence-corrected chi connectivity index (χ2v) is 1.37. The molecule has 1 atom stereocenters. The topological polar surface area (TPSA) is 38.4 Å². The summed E-state index contributed by atoms with van der Waals surface area (Å²) in [5, 5.41) is 9.13. The molecule has 0 bridgehead atoms. The maximum Gasteiger partial charge on any atom is 0.443 e. The highest BCUT2D eigenvalue weighted by molar-refractivity contribution is 4.53. The van der Waals surface area contributed by atoms with Crippen molar-refractivity contribution in [2.75, 3.05) is 0 Å². The van der Waals surface area contributed by atoms with Crippen LogP contribution in [0.2, 0.25) is 0 Å². The molecular weight excluding hydrogens is 179 g/mol. The summed E-state index contributed by atoms with van der Waals surface area (Å²) in [7, 11) is 0. The molecule has 8 heteroatoms. The molecule has 0 N–H and O–H groups in total. The van der Waals surface area contributed by atoms with E-state index in [0.717, 1.165) is 0 Å². The molecule has 0 aliphatic rings. The maximum absolute atomic E-state index is 11.3. The van der Waals surface area contributed by atoms with Crippen LogP contribution in [0.15, 0.2) is 0 Å². The third kappa shape index (κ3) is 4.06. The van der Waals surface area contributed by atoms with E-state index in [1.54, 1.807) is 0 Å². The highest BCUT2D eigenvalue weighted by atomic mass is 19.4. The molecule has 0 amide bonds. The van der Waals surface area contributed by atoms with E-state index in [9.17, 15) is 22.0 Å². The Morgan fingerprint density at radius 2 is 1.64 bits per heavy atom. The van der Waals surface area contributed by atoms with Crippen LogP contribution in [0.5, 0.6) is 0 Å². The van der Waals surface area contributed by atoms with Crippen LogP contribution >= 0.6 is 0 Å². The molecule has 1 radical (unpaired) electrons. The van der Waals surface area contributed by atoms with Crippen LogP contribution in [0.25, 0.3) is 0 Å². The molecule has 0 rings (SSSR count). The Balaban J connectivity index is 3.96. The van der Waals surface area contributed by atoms with Gasteiger partial charge in [-0.1, -0.05) is 0 Å². The minimum absolute atomic E-state index is 2.35. The van der Waals surface area contributed by atoms with E-state index in [2.05, 4.69) is 9.62 Å². The molecule has 0 aromatic carbocycles. The zero-order valence-corrected chi connectivity index (χ0v) is 4.77. The third-order valence-electron chi connectivity index (χ3n) is 0.581. The zero-order valence-electron chi connectivity index (χ0n) is 4.77. The Labute approximate surface area is 57.2 Å². The number of alkyl halides is 5. The van der Waals surface area contributed by atoms with E-state index in [1.165, 1.54) is 0 Å². The van der Waals surface area contributed by atoms with Gasteiger partial charge >= 0.3 is 12.8 Å². The zero-order chi connectivity index (χ0) is 9.07. The summed E-state index contributed by atoms with van der Waals surface area (Å²) < 4.78 is 58.8. The Kier molecular flexibility index (Phi) is 3.63.